The van der Waals surface area contributed by atoms with Gasteiger partial charge in [-0.05, 0) is 42.5 Å². The number of benzene rings is 1. The smallest absolute Gasteiger partial charge is 0.387 e. The predicted molar refractivity (Wildman–Crippen MR) is 125 cm³/mol. The number of nitrogens with one attached hydrogen (secondary N) is 1. The summed E-state index contributed by atoms with van der Waals surface area (Å²) in [6, 6.07) is 11.0. The van der Waals surface area contributed by atoms with Crippen LogP contribution in [0.3, 0.4) is 0 Å². The van der Waals surface area contributed by atoms with Crippen LogP contribution < -0.4 is 21.3 Å². The van der Waals surface area contributed by atoms with Gasteiger partial charge in [0.1, 0.15) is 17.3 Å². The van der Waals surface area contributed by atoms with Crippen molar-refractivity contribution in [2.45, 2.75) is 13.2 Å². The number of aryl methyl sites for hydroxylation is 1. The summed E-state index contributed by atoms with van der Waals surface area (Å²) in [6.07, 6.45) is 2.88. The maximum atomic E-state index is 13.5. The summed E-state index contributed by atoms with van der Waals surface area (Å²) >= 11 is 0. The van der Waals surface area contributed by atoms with Gasteiger partial charge in [-0.25, -0.2) is 14.4 Å². The number of nitrogens with zero attached hydrogens (tertiary/aromatic N) is 4. The number of halogens is 3. The molecule has 0 saturated heterocycles. The van der Waals surface area contributed by atoms with Crippen LogP contribution in [0.1, 0.15) is 16.2 Å². The lowest BCUT2D eigenvalue weighted by Crippen LogP contribution is -2.26. The number of hydrogen-bond acceptors (Lipinski definition) is 7. The molecule has 0 aliphatic heterocycles. The predicted octanol–water partition coefficient (Wildman–Crippen LogP) is 3.16. The van der Waals surface area contributed by atoms with Crippen LogP contribution in [0.15, 0.2) is 65.7 Å². The van der Waals surface area contributed by atoms with Gasteiger partial charge in [0.25, 0.3) is 5.91 Å². The van der Waals surface area contributed by atoms with Crippen molar-refractivity contribution >= 4 is 11.7 Å². The molecular weight excluding hydrogens is 477 g/mol. The first-order valence-corrected chi connectivity index (χ1v) is 10.5. The van der Waals surface area contributed by atoms with E-state index in [0.717, 1.165) is 0 Å². The molecule has 4 rings (SSSR count). The Balaban J connectivity index is 1.72. The monoisotopic (exact) mass is 496 g/mol. The first-order chi connectivity index (χ1) is 17.2. The van der Waals surface area contributed by atoms with E-state index in [9.17, 15) is 22.8 Å². The minimum Gasteiger partial charge on any atom is -0.433 e. The number of hydrogen-bond donors (Lipinski definition) is 2. The van der Waals surface area contributed by atoms with Crippen LogP contribution in [0, 0.1) is 5.82 Å². The summed E-state index contributed by atoms with van der Waals surface area (Å²) in [5.74, 6) is -1.61. The molecule has 36 heavy (non-hydrogen) atoms. The van der Waals surface area contributed by atoms with Gasteiger partial charge in [0, 0.05) is 36.6 Å². The van der Waals surface area contributed by atoms with Crippen molar-refractivity contribution in [3.63, 3.8) is 0 Å². The Morgan fingerprint density at radius 3 is 2.47 bits per heavy atom. The van der Waals surface area contributed by atoms with Gasteiger partial charge in [-0.3, -0.25) is 14.6 Å². The lowest BCUT2D eigenvalue weighted by Gasteiger charge is -2.14. The SMILES string of the molecule is Cn1cc(-c2nc(C(=O)NCc3ncccc3OC(F)F)c(N)nc2-c2ccc(F)cc2)ccc1=O. The number of carbonyl (C=O) groups excluding carboxylic acids is 1. The third-order valence-electron chi connectivity index (χ3n) is 5.10. The van der Waals surface area contributed by atoms with Crippen LogP contribution in [0.4, 0.5) is 19.0 Å². The molecule has 0 fully saturated rings. The van der Waals surface area contributed by atoms with Crippen LogP contribution in [-0.2, 0) is 13.6 Å². The lowest BCUT2D eigenvalue weighted by atomic mass is 10.0. The van der Waals surface area contributed by atoms with Gasteiger partial charge in [0.15, 0.2) is 11.5 Å². The van der Waals surface area contributed by atoms with Gasteiger partial charge < -0.3 is 20.4 Å². The Bertz CT molecular complexity index is 1480. The second-order valence-electron chi connectivity index (χ2n) is 7.54. The van der Waals surface area contributed by atoms with E-state index in [1.165, 1.54) is 65.5 Å². The number of anilines is 1. The average Bonchev–Trinajstić information content (AvgIpc) is 2.85. The minimum atomic E-state index is -3.06. The molecule has 0 aliphatic rings. The molecule has 1 aromatic carbocycles. The van der Waals surface area contributed by atoms with E-state index in [0.29, 0.717) is 11.1 Å². The van der Waals surface area contributed by atoms with Crippen LogP contribution in [0.25, 0.3) is 22.5 Å². The largest absolute Gasteiger partial charge is 0.433 e. The van der Waals surface area contributed by atoms with Gasteiger partial charge in [-0.1, -0.05) is 0 Å². The molecule has 0 radical (unpaired) electrons. The van der Waals surface area contributed by atoms with E-state index in [-0.39, 0.29) is 46.4 Å². The van der Waals surface area contributed by atoms with Crippen LogP contribution >= 0.6 is 0 Å². The normalized spacial score (nSPS) is 10.9. The molecule has 3 heterocycles. The summed E-state index contributed by atoms with van der Waals surface area (Å²) in [4.78, 5) is 37.5. The Kier molecular flexibility index (Phi) is 6.95. The highest BCUT2D eigenvalue weighted by atomic mass is 19.3. The van der Waals surface area contributed by atoms with Crippen LogP contribution in [0.2, 0.25) is 0 Å². The zero-order chi connectivity index (χ0) is 25.8. The number of aromatic nitrogens is 4. The maximum Gasteiger partial charge on any atom is 0.387 e. The second-order valence-corrected chi connectivity index (χ2v) is 7.54. The number of ether oxygens (including phenoxy) is 1. The fraction of sp³-hybridized carbons (Fsp3) is 0.125. The molecule has 0 spiro atoms. The molecule has 1 amide bonds. The molecule has 4 aromatic rings. The van der Waals surface area contributed by atoms with E-state index < -0.39 is 18.3 Å². The quantitative estimate of drug-likeness (QED) is 0.403. The highest BCUT2D eigenvalue weighted by Crippen LogP contribution is 2.30. The third-order valence-corrected chi connectivity index (χ3v) is 5.10. The fourth-order valence-corrected chi connectivity index (χ4v) is 3.37. The second kappa shape index (κ2) is 10.3. The van der Waals surface area contributed by atoms with Crippen LogP contribution in [-0.4, -0.2) is 32.0 Å². The Labute approximate surface area is 202 Å². The summed E-state index contributed by atoms with van der Waals surface area (Å²) in [5, 5.41) is 2.52. The van der Waals surface area contributed by atoms with Crippen molar-refractivity contribution in [1.29, 1.82) is 0 Å². The topological polar surface area (TPSA) is 125 Å². The molecular formula is C24H19F3N6O3. The van der Waals surface area contributed by atoms with Gasteiger partial charge >= 0.3 is 6.61 Å². The molecule has 9 nitrogen and oxygen atoms in total. The molecule has 184 valence electrons. The van der Waals surface area contributed by atoms with Crippen molar-refractivity contribution in [1.82, 2.24) is 24.8 Å². The number of pyridine rings is 2. The highest BCUT2D eigenvalue weighted by Gasteiger charge is 2.21. The van der Waals surface area contributed by atoms with Crippen molar-refractivity contribution in [3.8, 4) is 28.3 Å². The summed E-state index contributed by atoms with van der Waals surface area (Å²) in [7, 11) is 1.55. The maximum absolute atomic E-state index is 13.5. The van der Waals surface area contributed by atoms with Crippen molar-refractivity contribution in [2.75, 3.05) is 5.73 Å². The molecule has 0 saturated carbocycles. The summed E-state index contributed by atoms with van der Waals surface area (Å²) in [6.45, 7) is -3.31. The number of carbonyl (C=O) groups is 1. The van der Waals surface area contributed by atoms with Gasteiger partial charge in [-0.15, -0.1) is 0 Å². The lowest BCUT2D eigenvalue weighted by molar-refractivity contribution is -0.0507. The number of rotatable bonds is 7. The molecule has 12 heteroatoms. The Morgan fingerprint density at radius 1 is 1.08 bits per heavy atom. The first kappa shape index (κ1) is 24.4. The molecule has 0 atom stereocenters. The van der Waals surface area contributed by atoms with E-state index in [2.05, 4.69) is 25.0 Å². The Morgan fingerprint density at radius 2 is 1.78 bits per heavy atom. The standard InChI is InChI=1S/C24H19F3N6O3/c1-33-12-14(6-9-18(33)34)20-19(13-4-7-15(25)8-5-13)32-22(28)21(31-20)23(35)30-11-16-17(36-24(26)27)3-2-10-29-16/h2-10,12,24H,11H2,1H3,(H2,28,32)(H,30,35). The van der Waals surface area contributed by atoms with E-state index in [4.69, 9.17) is 5.73 Å². The molecule has 3 N–H and O–H groups in total. The number of nitrogens with two attached hydrogens (primary N) is 1. The number of nitrogen functional groups attached to an aromatic ring is 1. The summed E-state index contributed by atoms with van der Waals surface area (Å²) in [5.41, 5.74) is 7.04. The summed E-state index contributed by atoms with van der Waals surface area (Å²) < 4.78 is 44.6. The van der Waals surface area contributed by atoms with E-state index >= 15 is 0 Å². The Hall–Kier alpha value is -4.74. The minimum absolute atomic E-state index is 0.0684. The number of alkyl halides is 2. The van der Waals surface area contributed by atoms with Gasteiger partial charge in [0.2, 0.25) is 5.56 Å². The molecule has 3 aromatic heterocycles. The molecule has 0 bridgehead atoms. The first-order valence-electron chi connectivity index (χ1n) is 10.5. The molecule has 0 aliphatic carbocycles. The van der Waals surface area contributed by atoms with Crippen molar-refractivity contribution < 1.29 is 22.7 Å². The van der Waals surface area contributed by atoms with E-state index in [1.54, 1.807) is 7.05 Å². The fourth-order valence-electron chi connectivity index (χ4n) is 3.37. The zero-order valence-electron chi connectivity index (χ0n) is 18.8. The van der Waals surface area contributed by atoms with Gasteiger partial charge in [0.05, 0.1) is 17.9 Å². The average molecular weight is 496 g/mol. The zero-order valence-corrected chi connectivity index (χ0v) is 18.8. The van der Waals surface area contributed by atoms with Crippen LogP contribution in [0.5, 0.6) is 5.75 Å². The van der Waals surface area contributed by atoms with Gasteiger partial charge in [-0.2, -0.15) is 8.78 Å². The number of amides is 1. The van der Waals surface area contributed by atoms with E-state index in [1.807, 2.05) is 0 Å². The highest BCUT2D eigenvalue weighted by molar-refractivity contribution is 5.98. The molecule has 0 unspecified atom stereocenters. The third kappa shape index (κ3) is 5.32. The van der Waals surface area contributed by atoms with Crippen molar-refractivity contribution in [3.05, 3.63) is 88.5 Å². The van der Waals surface area contributed by atoms with Crippen molar-refractivity contribution in [2.24, 2.45) is 7.05 Å².